The Morgan fingerprint density at radius 2 is 1.81 bits per heavy atom. The Balaban J connectivity index is 1.33. The number of hydrogen-bond acceptors (Lipinski definition) is 6. The second-order valence-corrected chi connectivity index (χ2v) is 8.67. The maximum atomic E-state index is 12.3. The molecule has 0 aliphatic heterocycles. The lowest BCUT2D eigenvalue weighted by molar-refractivity contribution is -0.274. The van der Waals surface area contributed by atoms with E-state index in [1.807, 2.05) is 36.4 Å². The van der Waals surface area contributed by atoms with Gasteiger partial charge >= 0.3 is 6.36 Å². The third-order valence-corrected chi connectivity index (χ3v) is 5.41. The third-order valence-electron chi connectivity index (χ3n) is 5.21. The molecule has 11 heteroatoms. The summed E-state index contributed by atoms with van der Waals surface area (Å²) >= 11 is 5.34. The fourth-order valence-electron chi connectivity index (χ4n) is 3.51. The quantitative estimate of drug-likeness (QED) is 0.149. The number of hydrazone groups is 1. The third kappa shape index (κ3) is 7.20. The van der Waals surface area contributed by atoms with Gasteiger partial charge in [0.15, 0.2) is 10.7 Å². The van der Waals surface area contributed by atoms with E-state index in [0.717, 1.165) is 22.2 Å². The number of halogens is 3. The van der Waals surface area contributed by atoms with Gasteiger partial charge in [0.05, 0.1) is 6.21 Å². The molecule has 37 heavy (non-hydrogen) atoms. The first kappa shape index (κ1) is 26.0. The molecule has 0 radical (unpaired) electrons. The molecule has 192 valence electrons. The van der Waals surface area contributed by atoms with E-state index in [1.165, 1.54) is 24.3 Å². The van der Waals surface area contributed by atoms with Crippen LogP contribution < -0.4 is 20.2 Å². The van der Waals surface area contributed by atoms with Crippen LogP contribution in [0.25, 0.3) is 11.0 Å². The first-order valence-corrected chi connectivity index (χ1v) is 11.6. The lowest BCUT2D eigenvalue weighted by Gasteiger charge is -2.14. The number of para-hydroxylation sites is 1. The number of hydrogen-bond donors (Lipinski definition) is 2. The highest BCUT2D eigenvalue weighted by atomic mass is 32.1. The van der Waals surface area contributed by atoms with Crippen LogP contribution in [-0.2, 0) is 6.61 Å². The Hall–Kier alpha value is -4.12. The average Bonchev–Trinajstić information content (AvgIpc) is 3.25. The Bertz CT molecular complexity index is 1400. The molecule has 0 saturated carbocycles. The standard InChI is InChI=1S/C26H23F3N4O3S/c1-16(2)20-5-3-4-6-22(20)31-25(37)32-30-14-17-7-12-21-23(33-36-24(21)13-17)15-34-18-8-10-19(11-9-18)35-26(27,28)29/h3-14,16H,15H2,1-2H3,(H2,31,32,37). The molecule has 0 amide bonds. The minimum atomic E-state index is -4.75. The van der Waals surface area contributed by atoms with E-state index in [-0.39, 0.29) is 12.4 Å². The molecule has 0 bridgehead atoms. The number of nitrogens with one attached hydrogen (secondary N) is 2. The minimum absolute atomic E-state index is 0.0687. The molecule has 2 N–H and O–H groups in total. The average molecular weight is 529 g/mol. The van der Waals surface area contributed by atoms with Gasteiger partial charge in [0.25, 0.3) is 0 Å². The van der Waals surface area contributed by atoms with Gasteiger partial charge in [-0.15, -0.1) is 13.2 Å². The molecule has 0 fully saturated rings. The molecule has 3 aromatic carbocycles. The summed E-state index contributed by atoms with van der Waals surface area (Å²) in [7, 11) is 0. The lowest BCUT2D eigenvalue weighted by Crippen LogP contribution is -2.24. The molecule has 0 atom stereocenters. The molecule has 0 aliphatic carbocycles. The molecule has 1 aromatic heterocycles. The molecule has 1 heterocycles. The molecular formula is C26H23F3N4O3S. The number of nitrogens with zero attached hydrogens (tertiary/aromatic N) is 2. The van der Waals surface area contributed by atoms with Gasteiger partial charge in [-0.2, -0.15) is 5.10 Å². The summed E-state index contributed by atoms with van der Waals surface area (Å²) in [4.78, 5) is 0. The smallest absolute Gasteiger partial charge is 0.487 e. The van der Waals surface area contributed by atoms with Crippen molar-refractivity contribution in [2.75, 3.05) is 5.32 Å². The van der Waals surface area contributed by atoms with Crippen LogP contribution in [0, 0.1) is 0 Å². The Kier molecular flexibility index (Phi) is 7.92. The summed E-state index contributed by atoms with van der Waals surface area (Å²) in [5, 5.41) is 12.5. The van der Waals surface area contributed by atoms with E-state index in [4.69, 9.17) is 21.5 Å². The van der Waals surface area contributed by atoms with Crippen LogP contribution in [0.15, 0.2) is 76.4 Å². The van der Waals surface area contributed by atoms with Crippen LogP contribution >= 0.6 is 12.2 Å². The Morgan fingerprint density at radius 3 is 2.54 bits per heavy atom. The van der Waals surface area contributed by atoms with Crippen molar-refractivity contribution < 1.29 is 27.2 Å². The van der Waals surface area contributed by atoms with Crippen molar-refractivity contribution in [2.45, 2.75) is 32.7 Å². The first-order chi connectivity index (χ1) is 17.7. The summed E-state index contributed by atoms with van der Waals surface area (Å²) in [5.41, 5.74) is 6.71. The van der Waals surface area contributed by atoms with Crippen LogP contribution in [0.2, 0.25) is 0 Å². The monoisotopic (exact) mass is 528 g/mol. The van der Waals surface area contributed by atoms with Gasteiger partial charge < -0.3 is 19.3 Å². The lowest BCUT2D eigenvalue weighted by atomic mass is 10.0. The molecule has 4 rings (SSSR count). The zero-order chi connectivity index (χ0) is 26.4. The topological polar surface area (TPSA) is 80.9 Å². The molecule has 0 spiro atoms. The van der Waals surface area contributed by atoms with E-state index < -0.39 is 6.36 Å². The van der Waals surface area contributed by atoms with Crippen LogP contribution in [-0.4, -0.2) is 22.8 Å². The van der Waals surface area contributed by atoms with Crippen LogP contribution in [0.4, 0.5) is 18.9 Å². The van der Waals surface area contributed by atoms with Gasteiger partial charge in [-0.05, 0) is 71.7 Å². The van der Waals surface area contributed by atoms with E-state index in [1.54, 1.807) is 12.3 Å². The molecule has 0 aliphatic rings. The van der Waals surface area contributed by atoms with Gasteiger partial charge in [0, 0.05) is 11.1 Å². The van der Waals surface area contributed by atoms with Gasteiger partial charge in [0.2, 0.25) is 0 Å². The van der Waals surface area contributed by atoms with E-state index in [2.05, 4.69) is 39.6 Å². The van der Waals surface area contributed by atoms with Gasteiger partial charge in [-0.3, -0.25) is 5.43 Å². The summed E-state index contributed by atoms with van der Waals surface area (Å²) in [6.45, 7) is 4.29. The molecule has 4 aromatic rings. The van der Waals surface area contributed by atoms with E-state index in [0.29, 0.717) is 28.1 Å². The molecule has 0 unspecified atom stereocenters. The largest absolute Gasteiger partial charge is 0.573 e. The van der Waals surface area contributed by atoms with Crippen molar-refractivity contribution in [3.63, 3.8) is 0 Å². The Morgan fingerprint density at radius 1 is 1.08 bits per heavy atom. The fraction of sp³-hybridized carbons (Fsp3) is 0.192. The summed E-state index contributed by atoms with van der Waals surface area (Å²) in [6, 6.07) is 18.5. The van der Waals surface area contributed by atoms with Crippen molar-refractivity contribution in [3.05, 3.63) is 83.6 Å². The molecule has 7 nitrogen and oxygen atoms in total. The van der Waals surface area contributed by atoms with E-state index in [9.17, 15) is 13.2 Å². The second-order valence-electron chi connectivity index (χ2n) is 8.26. The van der Waals surface area contributed by atoms with Crippen molar-refractivity contribution >= 4 is 40.2 Å². The van der Waals surface area contributed by atoms with Crippen LogP contribution in [0.3, 0.4) is 0 Å². The van der Waals surface area contributed by atoms with E-state index >= 15 is 0 Å². The number of thiocarbonyl (C=S) groups is 1. The van der Waals surface area contributed by atoms with Crippen LogP contribution in [0.1, 0.15) is 36.6 Å². The molecular weight excluding hydrogens is 505 g/mol. The second kappa shape index (κ2) is 11.3. The fourth-order valence-corrected chi connectivity index (χ4v) is 3.67. The summed E-state index contributed by atoms with van der Waals surface area (Å²) in [5.74, 6) is 0.380. The highest BCUT2D eigenvalue weighted by Gasteiger charge is 2.31. The zero-order valence-corrected chi connectivity index (χ0v) is 20.7. The number of ether oxygens (including phenoxy) is 2. The van der Waals surface area contributed by atoms with Crippen LogP contribution in [0.5, 0.6) is 11.5 Å². The number of rotatable bonds is 8. The highest BCUT2D eigenvalue weighted by molar-refractivity contribution is 7.80. The van der Waals surface area contributed by atoms with Crippen molar-refractivity contribution in [2.24, 2.45) is 5.10 Å². The van der Waals surface area contributed by atoms with Gasteiger partial charge in [0.1, 0.15) is 23.8 Å². The maximum Gasteiger partial charge on any atom is 0.573 e. The van der Waals surface area contributed by atoms with Crippen molar-refractivity contribution in [1.82, 2.24) is 10.6 Å². The minimum Gasteiger partial charge on any atom is -0.487 e. The summed E-state index contributed by atoms with van der Waals surface area (Å²) in [6.07, 6.45) is -3.14. The zero-order valence-electron chi connectivity index (χ0n) is 19.9. The predicted octanol–water partition coefficient (Wildman–Crippen LogP) is 6.75. The SMILES string of the molecule is CC(C)c1ccccc1NC(=S)NN=Cc1ccc2c(COc3ccc(OC(F)(F)F)cc3)noc2c1. The number of aromatic nitrogens is 1. The Labute approximate surface area is 216 Å². The number of fused-ring (bicyclic) bond motifs is 1. The van der Waals surface area contributed by atoms with Crippen molar-refractivity contribution in [1.29, 1.82) is 0 Å². The molecule has 0 saturated heterocycles. The number of benzene rings is 3. The van der Waals surface area contributed by atoms with Crippen molar-refractivity contribution in [3.8, 4) is 11.5 Å². The van der Waals surface area contributed by atoms with Gasteiger partial charge in [-0.1, -0.05) is 43.3 Å². The van der Waals surface area contributed by atoms with Gasteiger partial charge in [-0.25, -0.2) is 0 Å². The number of anilines is 1. The normalized spacial score (nSPS) is 11.7. The first-order valence-electron chi connectivity index (χ1n) is 11.2. The maximum absolute atomic E-state index is 12.3. The summed E-state index contributed by atoms with van der Waals surface area (Å²) < 4.78 is 51.7. The highest BCUT2D eigenvalue weighted by Crippen LogP contribution is 2.26. The number of alkyl halides is 3. The predicted molar refractivity (Wildman–Crippen MR) is 139 cm³/mol.